The Labute approximate surface area is 84.2 Å². The second-order valence-electron chi connectivity index (χ2n) is 2.63. The molecule has 2 heterocycles. The summed E-state index contributed by atoms with van der Waals surface area (Å²) in [6, 6.07) is 6.06. The molecule has 0 aliphatic carbocycles. The summed E-state index contributed by atoms with van der Waals surface area (Å²) in [7, 11) is 0. The molecule has 3 heteroatoms. The summed E-state index contributed by atoms with van der Waals surface area (Å²) in [5.41, 5.74) is 2.03. The Bertz CT molecular complexity index is 426. The van der Waals surface area contributed by atoms with Crippen LogP contribution in [0.2, 0.25) is 0 Å². The van der Waals surface area contributed by atoms with E-state index in [9.17, 15) is 0 Å². The average molecular weight is 270 g/mol. The predicted octanol–water partition coefficient (Wildman–Crippen LogP) is 2.54. The molecule has 0 aliphatic rings. The number of pyridine rings is 2. The second-order valence-corrected chi connectivity index (χ2v) is 3.65. The first-order valence-electron chi connectivity index (χ1n) is 3.65. The second kappa shape index (κ2) is 2.97. The van der Waals surface area contributed by atoms with Gasteiger partial charge in [-0.2, -0.15) is 0 Å². The number of aromatic nitrogens is 2. The largest absolute Gasteiger partial charge is 0.250 e. The Hall–Kier alpha value is -0.710. The van der Waals surface area contributed by atoms with Crippen LogP contribution in [0.1, 0.15) is 5.69 Å². The van der Waals surface area contributed by atoms with Crippen LogP contribution in [0.15, 0.2) is 24.4 Å². The zero-order chi connectivity index (χ0) is 8.55. The summed E-state index contributed by atoms with van der Waals surface area (Å²) in [5, 5.41) is 1.15. The minimum absolute atomic E-state index is 0.966. The first-order valence-corrected chi connectivity index (χ1v) is 4.73. The van der Waals surface area contributed by atoms with Crippen molar-refractivity contribution in [3.8, 4) is 0 Å². The molecule has 2 aromatic heterocycles. The van der Waals surface area contributed by atoms with Gasteiger partial charge in [0.25, 0.3) is 0 Å². The third-order valence-electron chi connectivity index (χ3n) is 1.70. The highest BCUT2D eigenvalue weighted by Crippen LogP contribution is 2.15. The topological polar surface area (TPSA) is 25.8 Å². The number of aryl methyl sites for hydroxylation is 1. The van der Waals surface area contributed by atoms with E-state index in [0.29, 0.717) is 0 Å². The number of hydrogen-bond acceptors (Lipinski definition) is 2. The molecule has 0 saturated carbocycles. The molecule has 0 saturated heterocycles. The fourth-order valence-electron chi connectivity index (χ4n) is 1.11. The highest BCUT2D eigenvalue weighted by atomic mass is 127. The lowest BCUT2D eigenvalue weighted by molar-refractivity contribution is 1.21. The third-order valence-corrected chi connectivity index (χ3v) is 2.49. The minimum Gasteiger partial charge on any atom is -0.250 e. The first-order chi connectivity index (χ1) is 5.77. The summed E-state index contributed by atoms with van der Waals surface area (Å²) in [6.45, 7) is 1.99. The molecule has 0 fully saturated rings. The zero-order valence-corrected chi connectivity index (χ0v) is 8.74. The van der Waals surface area contributed by atoms with Crippen molar-refractivity contribution in [2.45, 2.75) is 6.92 Å². The summed E-state index contributed by atoms with van der Waals surface area (Å²) in [5.74, 6) is 0. The summed E-state index contributed by atoms with van der Waals surface area (Å²) < 4.78 is 0.966. The van der Waals surface area contributed by atoms with Gasteiger partial charge in [0.05, 0.1) is 0 Å². The van der Waals surface area contributed by atoms with Crippen molar-refractivity contribution in [2.75, 3.05) is 0 Å². The maximum atomic E-state index is 4.41. The molecular weight excluding hydrogens is 263 g/mol. The van der Waals surface area contributed by atoms with Gasteiger partial charge < -0.3 is 0 Å². The molecule has 2 nitrogen and oxygen atoms in total. The molecule has 0 unspecified atom stereocenters. The third kappa shape index (κ3) is 1.29. The van der Waals surface area contributed by atoms with Crippen molar-refractivity contribution >= 4 is 33.5 Å². The van der Waals surface area contributed by atoms with Crippen LogP contribution >= 0.6 is 22.6 Å². The lowest BCUT2D eigenvalue weighted by Gasteiger charge is -1.98. The average Bonchev–Trinajstić information content (AvgIpc) is 2.07. The molecular formula is C9H7IN2. The minimum atomic E-state index is 0.966. The van der Waals surface area contributed by atoms with Gasteiger partial charge in [-0.05, 0) is 41.6 Å². The monoisotopic (exact) mass is 270 g/mol. The van der Waals surface area contributed by atoms with Crippen LogP contribution in [0.25, 0.3) is 10.9 Å². The van der Waals surface area contributed by atoms with E-state index in [1.165, 1.54) is 0 Å². The van der Waals surface area contributed by atoms with Gasteiger partial charge in [-0.3, -0.25) is 4.98 Å². The molecule has 0 aromatic carbocycles. The van der Waals surface area contributed by atoms with E-state index in [0.717, 1.165) is 20.3 Å². The van der Waals surface area contributed by atoms with E-state index in [4.69, 9.17) is 0 Å². The molecule has 0 N–H and O–H groups in total. The van der Waals surface area contributed by atoms with Gasteiger partial charge in [-0.25, -0.2) is 4.98 Å². The Morgan fingerprint density at radius 2 is 2.08 bits per heavy atom. The smallest absolute Gasteiger partial charge is 0.127 e. The van der Waals surface area contributed by atoms with Gasteiger partial charge in [0.15, 0.2) is 0 Å². The van der Waals surface area contributed by atoms with Crippen LogP contribution in [0.4, 0.5) is 0 Å². The van der Waals surface area contributed by atoms with Crippen LogP contribution in [0, 0.1) is 10.6 Å². The summed E-state index contributed by atoms with van der Waals surface area (Å²) >= 11 is 2.20. The van der Waals surface area contributed by atoms with Crippen molar-refractivity contribution in [3.05, 3.63) is 33.8 Å². The van der Waals surface area contributed by atoms with Crippen LogP contribution in [-0.4, -0.2) is 9.97 Å². The normalized spacial score (nSPS) is 10.5. The number of hydrogen-bond donors (Lipinski definition) is 0. The molecule has 0 bridgehead atoms. The van der Waals surface area contributed by atoms with Crippen LogP contribution in [-0.2, 0) is 0 Å². The van der Waals surface area contributed by atoms with Gasteiger partial charge in [0, 0.05) is 17.3 Å². The maximum absolute atomic E-state index is 4.41. The lowest BCUT2D eigenvalue weighted by Crippen LogP contribution is -1.88. The molecule has 0 amide bonds. The molecule has 0 spiro atoms. The highest BCUT2D eigenvalue weighted by molar-refractivity contribution is 14.1. The van der Waals surface area contributed by atoms with E-state index in [2.05, 4.69) is 38.6 Å². The molecule has 0 aliphatic heterocycles. The zero-order valence-electron chi connectivity index (χ0n) is 6.58. The van der Waals surface area contributed by atoms with E-state index in [1.54, 1.807) is 6.20 Å². The Kier molecular flexibility index (Phi) is 1.96. The Morgan fingerprint density at radius 3 is 2.92 bits per heavy atom. The van der Waals surface area contributed by atoms with Crippen LogP contribution < -0.4 is 0 Å². The molecule has 12 heavy (non-hydrogen) atoms. The SMILES string of the molecule is Cc1ccc2ccnc(I)c2n1. The first kappa shape index (κ1) is 7.91. The predicted molar refractivity (Wildman–Crippen MR) is 57.0 cm³/mol. The van der Waals surface area contributed by atoms with Crippen molar-refractivity contribution in [1.82, 2.24) is 9.97 Å². The van der Waals surface area contributed by atoms with Gasteiger partial charge >= 0.3 is 0 Å². The van der Waals surface area contributed by atoms with Crippen LogP contribution in [0.5, 0.6) is 0 Å². The molecule has 0 radical (unpaired) electrons. The van der Waals surface area contributed by atoms with Gasteiger partial charge in [0.1, 0.15) is 9.22 Å². The van der Waals surface area contributed by atoms with Crippen molar-refractivity contribution in [1.29, 1.82) is 0 Å². The van der Waals surface area contributed by atoms with Crippen molar-refractivity contribution in [3.63, 3.8) is 0 Å². The maximum Gasteiger partial charge on any atom is 0.127 e. The molecule has 2 aromatic rings. The van der Waals surface area contributed by atoms with Gasteiger partial charge in [-0.1, -0.05) is 6.07 Å². The van der Waals surface area contributed by atoms with E-state index < -0.39 is 0 Å². The number of nitrogens with zero attached hydrogens (tertiary/aromatic N) is 2. The number of halogens is 1. The number of fused-ring (bicyclic) bond motifs is 1. The molecule has 60 valence electrons. The molecule has 0 atom stereocenters. The fourth-order valence-corrected chi connectivity index (χ4v) is 1.70. The quantitative estimate of drug-likeness (QED) is 0.543. The Balaban J connectivity index is 2.88. The van der Waals surface area contributed by atoms with E-state index >= 15 is 0 Å². The van der Waals surface area contributed by atoms with Gasteiger partial charge in [0.2, 0.25) is 0 Å². The van der Waals surface area contributed by atoms with E-state index in [-0.39, 0.29) is 0 Å². The Morgan fingerprint density at radius 1 is 1.25 bits per heavy atom. The van der Waals surface area contributed by atoms with Gasteiger partial charge in [-0.15, -0.1) is 0 Å². The van der Waals surface area contributed by atoms with Crippen molar-refractivity contribution < 1.29 is 0 Å². The van der Waals surface area contributed by atoms with E-state index in [1.807, 2.05) is 19.1 Å². The van der Waals surface area contributed by atoms with Crippen LogP contribution in [0.3, 0.4) is 0 Å². The molecule has 2 rings (SSSR count). The highest BCUT2D eigenvalue weighted by Gasteiger charge is 1.99. The summed E-state index contributed by atoms with van der Waals surface area (Å²) in [6.07, 6.45) is 1.81. The fraction of sp³-hybridized carbons (Fsp3) is 0.111. The standard InChI is InChI=1S/C9H7IN2/c1-6-2-3-7-4-5-11-9(10)8(7)12-6/h2-5H,1H3. The summed E-state index contributed by atoms with van der Waals surface area (Å²) in [4.78, 5) is 8.58. The number of rotatable bonds is 0. The van der Waals surface area contributed by atoms with Crippen molar-refractivity contribution in [2.24, 2.45) is 0 Å². The lowest BCUT2D eigenvalue weighted by atomic mass is 10.2.